The molecule has 1 heterocycles. The fourth-order valence-electron chi connectivity index (χ4n) is 2.34. The second-order valence-electron chi connectivity index (χ2n) is 5.91. The standard InChI is InChI=1S/C19H22ClN3O2/c1-4-5-9-23(3)19(25)15-10-14(11-21-12-15)18(24)22-17-8-6-7-16(20)13(17)2/h6-8,10-12H,4-5,9H2,1-3H3,(H,22,24). The third-order valence-corrected chi connectivity index (χ3v) is 4.37. The van der Waals surface area contributed by atoms with Crippen LogP contribution in [0.2, 0.25) is 5.02 Å². The fourth-order valence-corrected chi connectivity index (χ4v) is 2.51. The van der Waals surface area contributed by atoms with Gasteiger partial charge in [0, 0.05) is 36.7 Å². The Hall–Kier alpha value is -2.40. The van der Waals surface area contributed by atoms with Gasteiger partial charge < -0.3 is 10.2 Å². The van der Waals surface area contributed by atoms with Gasteiger partial charge in [-0.3, -0.25) is 14.6 Å². The molecule has 0 spiro atoms. The van der Waals surface area contributed by atoms with E-state index in [2.05, 4.69) is 17.2 Å². The summed E-state index contributed by atoms with van der Waals surface area (Å²) in [6, 6.07) is 6.87. The first-order valence-electron chi connectivity index (χ1n) is 8.21. The number of amides is 2. The molecule has 2 rings (SSSR count). The summed E-state index contributed by atoms with van der Waals surface area (Å²) in [5, 5.41) is 3.39. The van der Waals surface area contributed by atoms with Crippen LogP contribution in [0, 0.1) is 6.92 Å². The predicted molar refractivity (Wildman–Crippen MR) is 100 cm³/mol. The Kier molecular flexibility index (Phi) is 6.53. The molecule has 0 saturated carbocycles. The van der Waals surface area contributed by atoms with E-state index in [1.54, 1.807) is 36.2 Å². The van der Waals surface area contributed by atoms with Crippen molar-refractivity contribution in [1.82, 2.24) is 9.88 Å². The number of unbranched alkanes of at least 4 members (excludes halogenated alkanes) is 1. The molecule has 132 valence electrons. The highest BCUT2D eigenvalue weighted by Gasteiger charge is 2.15. The van der Waals surface area contributed by atoms with Gasteiger partial charge in [0.25, 0.3) is 11.8 Å². The molecule has 2 aromatic rings. The van der Waals surface area contributed by atoms with Gasteiger partial charge in [0.2, 0.25) is 0 Å². The second kappa shape index (κ2) is 8.62. The second-order valence-corrected chi connectivity index (χ2v) is 6.32. The van der Waals surface area contributed by atoms with E-state index in [4.69, 9.17) is 11.6 Å². The summed E-state index contributed by atoms with van der Waals surface area (Å²) < 4.78 is 0. The van der Waals surface area contributed by atoms with Gasteiger partial charge in [-0.2, -0.15) is 0 Å². The monoisotopic (exact) mass is 359 g/mol. The molecule has 25 heavy (non-hydrogen) atoms. The predicted octanol–water partition coefficient (Wildman–Crippen LogP) is 4.17. The van der Waals surface area contributed by atoms with Gasteiger partial charge in [-0.05, 0) is 37.1 Å². The van der Waals surface area contributed by atoms with E-state index in [0.717, 1.165) is 18.4 Å². The third kappa shape index (κ3) is 4.79. The number of hydrogen-bond acceptors (Lipinski definition) is 3. The molecule has 0 radical (unpaired) electrons. The topological polar surface area (TPSA) is 62.3 Å². The minimum atomic E-state index is -0.330. The maximum Gasteiger partial charge on any atom is 0.257 e. The molecule has 1 N–H and O–H groups in total. The van der Waals surface area contributed by atoms with Crippen LogP contribution in [0.5, 0.6) is 0 Å². The van der Waals surface area contributed by atoms with Crippen molar-refractivity contribution in [2.75, 3.05) is 18.9 Å². The Morgan fingerprint density at radius 3 is 2.68 bits per heavy atom. The van der Waals surface area contributed by atoms with Crippen molar-refractivity contribution in [3.05, 3.63) is 58.4 Å². The zero-order valence-electron chi connectivity index (χ0n) is 14.7. The van der Waals surface area contributed by atoms with E-state index in [9.17, 15) is 9.59 Å². The number of anilines is 1. The maximum atomic E-state index is 12.5. The summed E-state index contributed by atoms with van der Waals surface area (Å²) in [5.41, 5.74) is 2.15. The number of nitrogens with zero attached hydrogens (tertiary/aromatic N) is 2. The minimum Gasteiger partial charge on any atom is -0.342 e. The fraction of sp³-hybridized carbons (Fsp3) is 0.316. The Bertz CT molecular complexity index is 777. The number of benzene rings is 1. The van der Waals surface area contributed by atoms with E-state index in [0.29, 0.717) is 28.4 Å². The van der Waals surface area contributed by atoms with Crippen molar-refractivity contribution < 1.29 is 9.59 Å². The summed E-state index contributed by atoms with van der Waals surface area (Å²) >= 11 is 6.07. The average molecular weight is 360 g/mol. The van der Waals surface area contributed by atoms with E-state index >= 15 is 0 Å². The van der Waals surface area contributed by atoms with E-state index in [1.807, 2.05) is 6.92 Å². The number of hydrogen-bond donors (Lipinski definition) is 1. The van der Waals surface area contributed by atoms with Gasteiger partial charge in [-0.1, -0.05) is 31.0 Å². The highest BCUT2D eigenvalue weighted by Crippen LogP contribution is 2.23. The first kappa shape index (κ1) is 18.9. The number of aromatic nitrogens is 1. The van der Waals surface area contributed by atoms with Crippen molar-refractivity contribution in [2.45, 2.75) is 26.7 Å². The SMILES string of the molecule is CCCCN(C)C(=O)c1cncc(C(=O)Nc2cccc(Cl)c2C)c1. The first-order chi connectivity index (χ1) is 11.9. The molecule has 0 fully saturated rings. The van der Waals surface area contributed by atoms with Crippen molar-refractivity contribution >= 4 is 29.1 Å². The quantitative estimate of drug-likeness (QED) is 0.842. The molecule has 1 aromatic heterocycles. The molecule has 0 aliphatic heterocycles. The number of pyridine rings is 1. The molecule has 0 aliphatic carbocycles. The lowest BCUT2D eigenvalue weighted by molar-refractivity contribution is 0.0793. The van der Waals surface area contributed by atoms with E-state index < -0.39 is 0 Å². The minimum absolute atomic E-state index is 0.144. The Labute approximate surface area is 153 Å². The molecule has 2 amide bonds. The largest absolute Gasteiger partial charge is 0.342 e. The average Bonchev–Trinajstić information content (AvgIpc) is 2.62. The lowest BCUT2D eigenvalue weighted by Gasteiger charge is -2.17. The summed E-state index contributed by atoms with van der Waals surface area (Å²) in [5.74, 6) is -0.474. The van der Waals surface area contributed by atoms with E-state index in [1.165, 1.54) is 12.4 Å². The number of carbonyl (C=O) groups is 2. The first-order valence-corrected chi connectivity index (χ1v) is 8.58. The molecule has 6 heteroatoms. The highest BCUT2D eigenvalue weighted by molar-refractivity contribution is 6.31. The molecule has 0 atom stereocenters. The van der Waals surface area contributed by atoms with Gasteiger partial charge in [-0.15, -0.1) is 0 Å². The molecule has 0 unspecified atom stereocenters. The number of nitrogens with one attached hydrogen (secondary N) is 1. The molecule has 1 aromatic carbocycles. The van der Waals surface area contributed by atoms with E-state index in [-0.39, 0.29) is 11.8 Å². The number of halogens is 1. The lowest BCUT2D eigenvalue weighted by Crippen LogP contribution is -2.28. The molecule has 5 nitrogen and oxygen atoms in total. The van der Waals surface area contributed by atoms with Crippen LogP contribution in [0.3, 0.4) is 0 Å². The Morgan fingerprint density at radius 2 is 1.96 bits per heavy atom. The van der Waals surface area contributed by atoms with Crippen LogP contribution in [0.15, 0.2) is 36.7 Å². The Balaban J connectivity index is 2.16. The Morgan fingerprint density at radius 1 is 1.24 bits per heavy atom. The van der Waals surface area contributed by atoms with Crippen molar-refractivity contribution in [2.24, 2.45) is 0 Å². The molecule has 0 saturated heterocycles. The number of carbonyl (C=O) groups excluding carboxylic acids is 2. The highest BCUT2D eigenvalue weighted by atomic mass is 35.5. The van der Waals surface area contributed by atoms with Crippen LogP contribution in [0.4, 0.5) is 5.69 Å². The van der Waals surface area contributed by atoms with Gasteiger partial charge in [0.05, 0.1) is 11.1 Å². The van der Waals surface area contributed by atoms with Crippen molar-refractivity contribution in [1.29, 1.82) is 0 Å². The zero-order valence-corrected chi connectivity index (χ0v) is 15.4. The summed E-state index contributed by atoms with van der Waals surface area (Å²) in [7, 11) is 1.75. The van der Waals surface area contributed by atoms with Crippen molar-refractivity contribution in [3.8, 4) is 0 Å². The normalized spacial score (nSPS) is 10.4. The van der Waals surface area contributed by atoms with Crippen molar-refractivity contribution in [3.63, 3.8) is 0 Å². The molecule has 0 aliphatic rings. The molecular weight excluding hydrogens is 338 g/mol. The summed E-state index contributed by atoms with van der Waals surface area (Å²) in [4.78, 5) is 30.6. The van der Waals surface area contributed by atoms with Gasteiger partial charge >= 0.3 is 0 Å². The zero-order chi connectivity index (χ0) is 18.4. The van der Waals surface area contributed by atoms with Crippen LogP contribution in [0.1, 0.15) is 46.0 Å². The molecule has 0 bridgehead atoms. The lowest BCUT2D eigenvalue weighted by atomic mass is 10.1. The van der Waals surface area contributed by atoms with Crippen LogP contribution < -0.4 is 5.32 Å². The summed E-state index contributed by atoms with van der Waals surface area (Å²) in [6.07, 6.45) is 4.87. The van der Waals surface area contributed by atoms with Crippen LogP contribution in [-0.2, 0) is 0 Å². The van der Waals surface area contributed by atoms with Gasteiger partial charge in [-0.25, -0.2) is 0 Å². The van der Waals surface area contributed by atoms with Crippen LogP contribution in [-0.4, -0.2) is 35.3 Å². The summed E-state index contributed by atoms with van der Waals surface area (Å²) in [6.45, 7) is 4.58. The molecular formula is C19H22ClN3O2. The third-order valence-electron chi connectivity index (χ3n) is 3.96. The smallest absolute Gasteiger partial charge is 0.257 e. The van der Waals surface area contributed by atoms with Crippen LogP contribution >= 0.6 is 11.6 Å². The number of rotatable bonds is 6. The maximum absolute atomic E-state index is 12.5. The van der Waals surface area contributed by atoms with Gasteiger partial charge in [0.15, 0.2) is 0 Å². The van der Waals surface area contributed by atoms with Gasteiger partial charge in [0.1, 0.15) is 0 Å². The van der Waals surface area contributed by atoms with Crippen LogP contribution in [0.25, 0.3) is 0 Å².